The molecule has 3 aromatic rings. The van der Waals surface area contributed by atoms with E-state index in [-0.39, 0.29) is 12.1 Å². The molecule has 10 heteroatoms. The maximum absolute atomic E-state index is 12.7. The van der Waals surface area contributed by atoms with Gasteiger partial charge in [-0.05, 0) is 54.7 Å². The van der Waals surface area contributed by atoms with Crippen LogP contribution in [0, 0.1) is 11.3 Å². The van der Waals surface area contributed by atoms with Gasteiger partial charge >= 0.3 is 0 Å². The quantitative estimate of drug-likeness (QED) is 0.533. The van der Waals surface area contributed by atoms with E-state index in [0.717, 1.165) is 42.0 Å². The Bertz CT molecular complexity index is 1280. The molecule has 1 saturated carbocycles. The maximum atomic E-state index is 12.7. The van der Waals surface area contributed by atoms with E-state index in [1.165, 1.54) is 0 Å². The number of hydrogen-bond donors (Lipinski definition) is 2. The molecule has 6 rings (SSSR count). The molecule has 2 N–H and O–H groups in total. The van der Waals surface area contributed by atoms with E-state index in [2.05, 4.69) is 16.3 Å². The smallest absolute Gasteiger partial charge is 0.228 e. The van der Waals surface area contributed by atoms with Gasteiger partial charge in [-0.25, -0.2) is 9.97 Å². The minimum atomic E-state index is -1.13. The molecule has 0 radical (unpaired) electrons. The van der Waals surface area contributed by atoms with Crippen LogP contribution in [0.2, 0.25) is 0 Å². The van der Waals surface area contributed by atoms with Gasteiger partial charge in [-0.2, -0.15) is 10.2 Å². The number of anilines is 2. The van der Waals surface area contributed by atoms with Gasteiger partial charge in [0.1, 0.15) is 22.9 Å². The standard InChI is InChI=1S/C24H24N6O3S/c25-12-15-2-4-16(5-3-15)22-26-18-13-30(10-6-19(18)33-22)23-27-17-7-11-34(32)20(17)21(28-23)29-24(14-31)8-1-9-24/h2-5,31H,1,6-11,13-14H2,(H,27,28,29)/t34-/m1/s1. The molecular formula is C24H24N6O3S. The number of benzene rings is 1. The van der Waals surface area contributed by atoms with Crippen molar-refractivity contribution < 1.29 is 14.1 Å². The first-order valence-electron chi connectivity index (χ1n) is 11.5. The van der Waals surface area contributed by atoms with Crippen molar-refractivity contribution in [3.05, 3.63) is 47.0 Å². The number of nitrogens with zero attached hydrogens (tertiary/aromatic N) is 5. The second-order valence-electron chi connectivity index (χ2n) is 9.11. The number of aromatic nitrogens is 3. The molecule has 4 heterocycles. The lowest BCUT2D eigenvalue weighted by Crippen LogP contribution is -2.49. The summed E-state index contributed by atoms with van der Waals surface area (Å²) in [5.74, 6) is 3.12. The van der Waals surface area contributed by atoms with Crippen molar-refractivity contribution in [3.8, 4) is 17.5 Å². The lowest BCUT2D eigenvalue weighted by molar-refractivity contribution is 0.143. The Labute approximate surface area is 200 Å². The molecule has 0 unspecified atom stereocenters. The molecule has 1 fully saturated rings. The lowest BCUT2D eigenvalue weighted by Gasteiger charge is -2.41. The van der Waals surface area contributed by atoms with E-state index in [0.29, 0.717) is 59.8 Å². The van der Waals surface area contributed by atoms with Crippen LogP contribution in [0.1, 0.15) is 42.0 Å². The molecule has 1 aromatic carbocycles. The van der Waals surface area contributed by atoms with Gasteiger partial charge in [-0.1, -0.05) is 0 Å². The van der Waals surface area contributed by atoms with Crippen LogP contribution >= 0.6 is 0 Å². The van der Waals surface area contributed by atoms with E-state index < -0.39 is 11.2 Å². The zero-order valence-corrected chi connectivity index (χ0v) is 19.4. The van der Waals surface area contributed by atoms with E-state index in [1.807, 2.05) is 12.1 Å². The summed E-state index contributed by atoms with van der Waals surface area (Å²) in [6.45, 7) is 1.22. The van der Waals surface area contributed by atoms with Crippen molar-refractivity contribution in [1.29, 1.82) is 5.26 Å². The zero-order chi connectivity index (χ0) is 23.3. The molecule has 0 saturated heterocycles. The van der Waals surface area contributed by atoms with Gasteiger partial charge in [-0.15, -0.1) is 0 Å². The van der Waals surface area contributed by atoms with Crippen LogP contribution < -0.4 is 10.2 Å². The molecule has 174 valence electrons. The molecule has 0 spiro atoms. The first-order chi connectivity index (χ1) is 16.6. The van der Waals surface area contributed by atoms with Gasteiger partial charge < -0.3 is 24.3 Å². The molecule has 1 atom stereocenters. The molecule has 3 aliphatic rings. The van der Waals surface area contributed by atoms with E-state index in [1.54, 1.807) is 12.1 Å². The SMILES string of the molecule is N#Cc1ccc(-c2nc3c(o2)CCN(c2nc4c(c(NC5(CO)CCC5)n2)[S@+]([O-])CC4)C3)cc1. The van der Waals surface area contributed by atoms with Gasteiger partial charge in [0.15, 0.2) is 5.82 Å². The summed E-state index contributed by atoms with van der Waals surface area (Å²) in [7, 11) is 0. The van der Waals surface area contributed by atoms with Gasteiger partial charge in [-0.3, -0.25) is 0 Å². The van der Waals surface area contributed by atoms with Crippen LogP contribution in [0.3, 0.4) is 0 Å². The van der Waals surface area contributed by atoms with Crippen LogP contribution in [-0.4, -0.2) is 49.1 Å². The number of nitriles is 1. The fraction of sp³-hybridized carbons (Fsp3) is 0.417. The molecule has 9 nitrogen and oxygen atoms in total. The zero-order valence-electron chi connectivity index (χ0n) is 18.6. The highest BCUT2D eigenvalue weighted by atomic mass is 32.2. The average Bonchev–Trinajstić information content (AvgIpc) is 3.44. The number of rotatable bonds is 5. The molecule has 2 aliphatic heterocycles. The molecule has 0 amide bonds. The Morgan fingerprint density at radius 1 is 1.18 bits per heavy atom. The molecule has 1 aliphatic carbocycles. The Balaban J connectivity index is 1.29. The molecule has 34 heavy (non-hydrogen) atoms. The normalized spacial score (nSPS) is 20.3. The molecule has 0 bridgehead atoms. The van der Waals surface area contributed by atoms with Gasteiger partial charge in [0.05, 0.1) is 30.3 Å². The fourth-order valence-corrected chi connectivity index (χ4v) is 6.07. The monoisotopic (exact) mass is 476 g/mol. The highest BCUT2D eigenvalue weighted by Gasteiger charge is 2.41. The summed E-state index contributed by atoms with van der Waals surface area (Å²) in [6.07, 6.45) is 4.13. The van der Waals surface area contributed by atoms with Gasteiger partial charge in [0.2, 0.25) is 16.7 Å². The Hall–Kier alpha value is -3.13. The number of oxazole rings is 1. The Morgan fingerprint density at radius 2 is 2.00 bits per heavy atom. The van der Waals surface area contributed by atoms with E-state index >= 15 is 0 Å². The molecule has 2 aromatic heterocycles. The summed E-state index contributed by atoms with van der Waals surface area (Å²) in [6, 6.07) is 9.30. The van der Waals surface area contributed by atoms with Crippen LogP contribution in [0.4, 0.5) is 11.8 Å². The highest BCUT2D eigenvalue weighted by molar-refractivity contribution is 7.91. The summed E-state index contributed by atoms with van der Waals surface area (Å²) >= 11 is -1.13. The van der Waals surface area contributed by atoms with Crippen molar-refractivity contribution in [3.63, 3.8) is 0 Å². The summed E-state index contributed by atoms with van der Waals surface area (Å²) in [4.78, 5) is 17.0. The number of aliphatic hydroxyl groups is 1. The number of hydrogen-bond acceptors (Lipinski definition) is 9. The van der Waals surface area contributed by atoms with Crippen molar-refractivity contribution >= 4 is 22.9 Å². The minimum Gasteiger partial charge on any atom is -0.611 e. The van der Waals surface area contributed by atoms with Crippen molar-refractivity contribution in [2.24, 2.45) is 0 Å². The van der Waals surface area contributed by atoms with E-state index in [4.69, 9.17) is 24.6 Å². The lowest BCUT2D eigenvalue weighted by atomic mass is 9.77. The van der Waals surface area contributed by atoms with Crippen molar-refractivity contribution in [2.75, 3.05) is 29.1 Å². The Kier molecular flexibility index (Phi) is 5.21. The second-order valence-corrected chi connectivity index (χ2v) is 10.6. The Morgan fingerprint density at radius 3 is 2.71 bits per heavy atom. The highest BCUT2D eigenvalue weighted by Crippen LogP contribution is 2.39. The molecular weight excluding hydrogens is 452 g/mol. The number of aryl methyl sites for hydroxylation is 1. The summed E-state index contributed by atoms with van der Waals surface area (Å²) in [5.41, 5.74) is 2.71. The minimum absolute atomic E-state index is 0.0257. The second kappa shape index (κ2) is 8.27. The summed E-state index contributed by atoms with van der Waals surface area (Å²) in [5, 5.41) is 22.4. The predicted molar refractivity (Wildman–Crippen MR) is 126 cm³/mol. The third kappa shape index (κ3) is 3.60. The largest absolute Gasteiger partial charge is 0.611 e. The first-order valence-corrected chi connectivity index (χ1v) is 12.8. The predicted octanol–water partition coefficient (Wildman–Crippen LogP) is 2.56. The maximum Gasteiger partial charge on any atom is 0.228 e. The van der Waals surface area contributed by atoms with Crippen molar-refractivity contribution in [2.45, 2.75) is 49.1 Å². The fourth-order valence-electron chi connectivity index (χ4n) is 4.77. The van der Waals surface area contributed by atoms with Gasteiger partial charge in [0, 0.05) is 24.9 Å². The third-order valence-electron chi connectivity index (χ3n) is 6.94. The number of nitrogens with one attached hydrogen (secondary N) is 1. The van der Waals surface area contributed by atoms with Crippen LogP contribution in [0.15, 0.2) is 33.6 Å². The van der Waals surface area contributed by atoms with Crippen LogP contribution in [0.25, 0.3) is 11.5 Å². The topological polar surface area (TPSA) is 134 Å². The first kappa shape index (κ1) is 21.4. The van der Waals surface area contributed by atoms with E-state index in [9.17, 15) is 9.66 Å². The number of fused-ring (bicyclic) bond motifs is 2. The van der Waals surface area contributed by atoms with Crippen molar-refractivity contribution in [1.82, 2.24) is 15.0 Å². The van der Waals surface area contributed by atoms with Crippen LogP contribution in [0.5, 0.6) is 0 Å². The number of aliphatic hydroxyl groups excluding tert-OH is 1. The third-order valence-corrected chi connectivity index (χ3v) is 8.40. The summed E-state index contributed by atoms with van der Waals surface area (Å²) < 4.78 is 18.7. The average molecular weight is 477 g/mol. The van der Waals surface area contributed by atoms with Gasteiger partial charge in [0.25, 0.3) is 0 Å². The van der Waals surface area contributed by atoms with Crippen LogP contribution in [-0.2, 0) is 30.6 Å².